The molecular formula is C6H14FN. The summed E-state index contributed by atoms with van der Waals surface area (Å²) in [6.07, 6.45) is -0.203. The Labute approximate surface area is 50.1 Å². The topological polar surface area (TPSA) is 26.0 Å². The van der Waals surface area contributed by atoms with Crippen LogP contribution in [0.25, 0.3) is 0 Å². The SMILES string of the molecule is CC(C)C[C@@H](F)CN. The van der Waals surface area contributed by atoms with Crippen molar-refractivity contribution in [2.75, 3.05) is 6.54 Å². The first-order valence-electron chi connectivity index (χ1n) is 3.01. The summed E-state index contributed by atoms with van der Waals surface area (Å²) in [5, 5.41) is 0. The Bertz CT molecular complexity index is 54.5. The van der Waals surface area contributed by atoms with Crippen LogP contribution in [0.1, 0.15) is 20.3 Å². The van der Waals surface area contributed by atoms with Crippen molar-refractivity contribution in [1.82, 2.24) is 0 Å². The maximum Gasteiger partial charge on any atom is 0.113 e. The molecule has 0 aliphatic heterocycles. The number of hydrogen-bond donors (Lipinski definition) is 1. The smallest absolute Gasteiger partial charge is 0.113 e. The van der Waals surface area contributed by atoms with Crippen molar-refractivity contribution in [3.8, 4) is 0 Å². The lowest BCUT2D eigenvalue weighted by Gasteiger charge is -2.06. The fraction of sp³-hybridized carbons (Fsp3) is 1.00. The number of alkyl halides is 1. The van der Waals surface area contributed by atoms with Gasteiger partial charge in [0, 0.05) is 6.54 Å². The molecule has 0 aliphatic rings. The fourth-order valence-electron chi connectivity index (χ4n) is 0.608. The minimum Gasteiger partial charge on any atom is -0.328 e. The Morgan fingerprint density at radius 3 is 2.12 bits per heavy atom. The lowest BCUT2D eigenvalue weighted by molar-refractivity contribution is 0.290. The normalized spacial score (nSPS) is 14.6. The first-order valence-corrected chi connectivity index (χ1v) is 3.01. The zero-order valence-corrected chi connectivity index (χ0v) is 5.52. The second kappa shape index (κ2) is 3.84. The number of nitrogens with two attached hydrogens (primary N) is 1. The van der Waals surface area contributed by atoms with Gasteiger partial charge in [0.2, 0.25) is 0 Å². The average Bonchev–Trinajstić information content (AvgIpc) is 1.65. The monoisotopic (exact) mass is 119 g/mol. The van der Waals surface area contributed by atoms with Gasteiger partial charge in [-0.15, -0.1) is 0 Å². The van der Waals surface area contributed by atoms with E-state index in [1.54, 1.807) is 0 Å². The predicted molar refractivity (Wildman–Crippen MR) is 33.4 cm³/mol. The van der Waals surface area contributed by atoms with Crippen LogP contribution in [0.4, 0.5) is 4.39 Å². The molecule has 0 aromatic heterocycles. The van der Waals surface area contributed by atoms with Gasteiger partial charge in [0.05, 0.1) is 0 Å². The standard InChI is InChI=1S/C6H14FN/c1-5(2)3-6(7)4-8/h5-6H,3-4,8H2,1-2H3/t6-/m1/s1. The Morgan fingerprint density at radius 1 is 1.50 bits per heavy atom. The van der Waals surface area contributed by atoms with Crippen LogP contribution in [0.2, 0.25) is 0 Å². The van der Waals surface area contributed by atoms with Crippen LogP contribution in [-0.4, -0.2) is 12.7 Å². The largest absolute Gasteiger partial charge is 0.328 e. The molecule has 0 fully saturated rings. The molecule has 2 heteroatoms. The molecule has 1 nitrogen and oxygen atoms in total. The summed E-state index contributed by atoms with van der Waals surface area (Å²) >= 11 is 0. The summed E-state index contributed by atoms with van der Waals surface area (Å²) in [6, 6.07) is 0. The van der Waals surface area contributed by atoms with Gasteiger partial charge in [-0.25, -0.2) is 4.39 Å². The third-order valence-corrected chi connectivity index (χ3v) is 0.983. The first-order chi connectivity index (χ1) is 3.66. The highest BCUT2D eigenvalue weighted by atomic mass is 19.1. The van der Waals surface area contributed by atoms with E-state index >= 15 is 0 Å². The van der Waals surface area contributed by atoms with Gasteiger partial charge in [-0.05, 0) is 12.3 Å². The van der Waals surface area contributed by atoms with E-state index in [9.17, 15) is 4.39 Å². The first kappa shape index (κ1) is 7.89. The van der Waals surface area contributed by atoms with Crippen molar-refractivity contribution < 1.29 is 4.39 Å². The zero-order valence-electron chi connectivity index (χ0n) is 5.52. The van der Waals surface area contributed by atoms with Crippen molar-refractivity contribution >= 4 is 0 Å². The molecule has 0 saturated heterocycles. The van der Waals surface area contributed by atoms with Crippen LogP contribution in [0.3, 0.4) is 0 Å². The Morgan fingerprint density at radius 2 is 2.00 bits per heavy atom. The van der Waals surface area contributed by atoms with Gasteiger partial charge in [-0.3, -0.25) is 0 Å². The molecule has 2 N–H and O–H groups in total. The molecular weight excluding hydrogens is 105 g/mol. The quantitative estimate of drug-likeness (QED) is 0.596. The van der Waals surface area contributed by atoms with Crippen molar-refractivity contribution in [3.63, 3.8) is 0 Å². The third-order valence-electron chi connectivity index (χ3n) is 0.983. The van der Waals surface area contributed by atoms with Crippen LogP contribution >= 0.6 is 0 Å². The van der Waals surface area contributed by atoms with Gasteiger partial charge in [-0.1, -0.05) is 13.8 Å². The van der Waals surface area contributed by atoms with Crippen LogP contribution in [0.5, 0.6) is 0 Å². The highest BCUT2D eigenvalue weighted by molar-refractivity contribution is 4.57. The summed E-state index contributed by atoms with van der Waals surface area (Å²) in [6.45, 7) is 4.14. The van der Waals surface area contributed by atoms with Gasteiger partial charge in [0.25, 0.3) is 0 Å². The number of hydrogen-bond acceptors (Lipinski definition) is 1. The minimum atomic E-state index is -0.796. The zero-order chi connectivity index (χ0) is 6.57. The molecule has 0 unspecified atom stereocenters. The van der Waals surface area contributed by atoms with Crippen molar-refractivity contribution in [3.05, 3.63) is 0 Å². The van der Waals surface area contributed by atoms with Gasteiger partial charge >= 0.3 is 0 Å². The fourth-order valence-corrected chi connectivity index (χ4v) is 0.608. The summed E-state index contributed by atoms with van der Waals surface area (Å²) < 4.78 is 12.3. The summed E-state index contributed by atoms with van der Waals surface area (Å²) in [7, 11) is 0. The Hall–Kier alpha value is -0.110. The molecule has 0 aromatic carbocycles. The van der Waals surface area contributed by atoms with Crippen LogP contribution in [-0.2, 0) is 0 Å². The van der Waals surface area contributed by atoms with Crippen molar-refractivity contribution in [1.29, 1.82) is 0 Å². The predicted octanol–water partition coefficient (Wildman–Crippen LogP) is 1.33. The van der Waals surface area contributed by atoms with Crippen LogP contribution < -0.4 is 5.73 Å². The highest BCUT2D eigenvalue weighted by Crippen LogP contribution is 2.05. The highest BCUT2D eigenvalue weighted by Gasteiger charge is 2.04. The molecule has 0 spiro atoms. The van der Waals surface area contributed by atoms with E-state index in [0.29, 0.717) is 12.3 Å². The van der Waals surface area contributed by atoms with Crippen LogP contribution in [0, 0.1) is 5.92 Å². The molecule has 50 valence electrons. The molecule has 0 saturated carbocycles. The Kier molecular flexibility index (Phi) is 3.79. The van der Waals surface area contributed by atoms with E-state index in [1.807, 2.05) is 13.8 Å². The van der Waals surface area contributed by atoms with Gasteiger partial charge < -0.3 is 5.73 Å². The lowest BCUT2D eigenvalue weighted by Crippen LogP contribution is -2.16. The Balaban J connectivity index is 3.10. The summed E-state index contributed by atoms with van der Waals surface area (Å²) in [5.74, 6) is 0.425. The number of rotatable bonds is 3. The third kappa shape index (κ3) is 4.06. The van der Waals surface area contributed by atoms with E-state index in [1.165, 1.54) is 0 Å². The van der Waals surface area contributed by atoms with Gasteiger partial charge in [0.15, 0.2) is 0 Å². The molecule has 0 bridgehead atoms. The van der Waals surface area contributed by atoms with Crippen molar-refractivity contribution in [2.24, 2.45) is 11.7 Å². The summed E-state index contributed by atoms with van der Waals surface area (Å²) in [5.41, 5.74) is 5.05. The van der Waals surface area contributed by atoms with Gasteiger partial charge in [0.1, 0.15) is 6.17 Å². The second-order valence-corrected chi connectivity index (χ2v) is 2.46. The van der Waals surface area contributed by atoms with E-state index in [4.69, 9.17) is 5.73 Å². The van der Waals surface area contributed by atoms with E-state index in [2.05, 4.69) is 0 Å². The second-order valence-electron chi connectivity index (χ2n) is 2.46. The molecule has 0 aliphatic carbocycles. The summed E-state index contributed by atoms with van der Waals surface area (Å²) in [4.78, 5) is 0. The van der Waals surface area contributed by atoms with Crippen LogP contribution in [0.15, 0.2) is 0 Å². The average molecular weight is 119 g/mol. The van der Waals surface area contributed by atoms with E-state index in [0.717, 1.165) is 0 Å². The van der Waals surface area contributed by atoms with Gasteiger partial charge in [-0.2, -0.15) is 0 Å². The van der Waals surface area contributed by atoms with E-state index < -0.39 is 6.17 Å². The maximum absolute atomic E-state index is 12.3. The molecule has 0 aromatic rings. The molecule has 8 heavy (non-hydrogen) atoms. The number of halogens is 1. The lowest BCUT2D eigenvalue weighted by atomic mass is 10.1. The van der Waals surface area contributed by atoms with E-state index in [-0.39, 0.29) is 6.54 Å². The molecule has 0 heterocycles. The molecule has 0 amide bonds. The molecule has 0 radical (unpaired) electrons. The minimum absolute atomic E-state index is 0.165. The molecule has 1 atom stereocenters. The molecule has 0 rings (SSSR count). The maximum atomic E-state index is 12.3. The van der Waals surface area contributed by atoms with Crippen molar-refractivity contribution in [2.45, 2.75) is 26.4 Å².